The summed E-state index contributed by atoms with van der Waals surface area (Å²) in [5.41, 5.74) is 5.41. The molecule has 0 saturated heterocycles. The van der Waals surface area contributed by atoms with E-state index in [1.807, 2.05) is 30.3 Å². The first kappa shape index (κ1) is 19.9. The van der Waals surface area contributed by atoms with Gasteiger partial charge in [0.05, 0.1) is 12.6 Å². The van der Waals surface area contributed by atoms with Gasteiger partial charge in [-0.05, 0) is 33.3 Å². The number of rotatable bonds is 7. The van der Waals surface area contributed by atoms with E-state index in [9.17, 15) is 14.7 Å². The van der Waals surface area contributed by atoms with E-state index < -0.39 is 29.8 Å². The molecule has 134 valence electrons. The number of ether oxygens (including phenoxy) is 2. The summed E-state index contributed by atoms with van der Waals surface area (Å²) in [5.74, 6) is -0.697. The molecule has 0 unspecified atom stereocenters. The number of benzene rings is 1. The molecule has 7 nitrogen and oxygen atoms in total. The van der Waals surface area contributed by atoms with Crippen molar-refractivity contribution >= 4 is 12.1 Å². The molecule has 0 aliphatic carbocycles. The van der Waals surface area contributed by atoms with Gasteiger partial charge in [0, 0.05) is 6.42 Å². The molecule has 7 heteroatoms. The van der Waals surface area contributed by atoms with E-state index in [4.69, 9.17) is 9.47 Å². The fraction of sp³-hybridized carbons (Fsp3) is 0.529. The van der Waals surface area contributed by atoms with E-state index in [-0.39, 0.29) is 13.0 Å². The number of hydrogen-bond donors (Lipinski definition) is 3. The van der Waals surface area contributed by atoms with Crippen molar-refractivity contribution in [3.8, 4) is 0 Å². The third-order valence-electron chi connectivity index (χ3n) is 2.97. The molecular weight excluding hydrogens is 312 g/mol. The fourth-order valence-corrected chi connectivity index (χ4v) is 1.97. The van der Waals surface area contributed by atoms with Crippen molar-refractivity contribution in [1.82, 2.24) is 10.9 Å². The largest absolute Gasteiger partial charge is 0.464 e. The minimum atomic E-state index is -1.30. The highest BCUT2D eigenvalue weighted by atomic mass is 16.6. The van der Waals surface area contributed by atoms with E-state index in [0.717, 1.165) is 5.56 Å². The number of aliphatic hydroxyl groups is 1. The Hall–Kier alpha value is -2.12. The van der Waals surface area contributed by atoms with Gasteiger partial charge in [-0.15, -0.1) is 0 Å². The van der Waals surface area contributed by atoms with Crippen molar-refractivity contribution in [2.24, 2.45) is 0 Å². The molecule has 0 aromatic heterocycles. The van der Waals surface area contributed by atoms with Gasteiger partial charge < -0.3 is 14.6 Å². The number of hydrazine groups is 1. The standard InChI is InChI=1S/C17H26N2O5/c1-5-23-15(21)14(20)11-13(12-9-7-6-8-10-12)18-19-16(22)24-17(2,3)4/h6-10,13-14,18,20H,5,11H2,1-4H3,(H,19,22)/t13-,14+/m0/s1. The lowest BCUT2D eigenvalue weighted by atomic mass is 10.0. The lowest BCUT2D eigenvalue weighted by molar-refractivity contribution is -0.153. The van der Waals surface area contributed by atoms with Gasteiger partial charge in [0.25, 0.3) is 0 Å². The predicted octanol–water partition coefficient (Wildman–Crippen LogP) is 2.07. The van der Waals surface area contributed by atoms with E-state index in [1.54, 1.807) is 27.7 Å². The summed E-state index contributed by atoms with van der Waals surface area (Å²) in [7, 11) is 0. The van der Waals surface area contributed by atoms with Crippen LogP contribution in [0.4, 0.5) is 4.79 Å². The molecule has 24 heavy (non-hydrogen) atoms. The van der Waals surface area contributed by atoms with Gasteiger partial charge in [-0.25, -0.2) is 15.0 Å². The van der Waals surface area contributed by atoms with Crippen LogP contribution < -0.4 is 10.9 Å². The van der Waals surface area contributed by atoms with Gasteiger partial charge in [-0.3, -0.25) is 5.43 Å². The molecule has 1 aromatic rings. The monoisotopic (exact) mass is 338 g/mol. The summed E-state index contributed by atoms with van der Waals surface area (Å²) in [6, 6.07) is 8.67. The van der Waals surface area contributed by atoms with Crippen LogP contribution in [0.2, 0.25) is 0 Å². The van der Waals surface area contributed by atoms with Crippen molar-refractivity contribution in [3.63, 3.8) is 0 Å². The average Bonchev–Trinajstić information content (AvgIpc) is 2.50. The maximum atomic E-state index is 11.8. The smallest absolute Gasteiger partial charge is 0.422 e. The van der Waals surface area contributed by atoms with Gasteiger partial charge in [0.15, 0.2) is 6.10 Å². The summed E-state index contributed by atoms with van der Waals surface area (Å²) >= 11 is 0. The maximum Gasteiger partial charge on any atom is 0.422 e. The summed E-state index contributed by atoms with van der Waals surface area (Å²) in [6.07, 6.45) is -1.91. The van der Waals surface area contributed by atoms with E-state index in [1.165, 1.54) is 0 Å². The van der Waals surface area contributed by atoms with Gasteiger partial charge in [-0.2, -0.15) is 0 Å². The minimum Gasteiger partial charge on any atom is -0.464 e. The number of aliphatic hydroxyl groups excluding tert-OH is 1. The van der Waals surface area contributed by atoms with Crippen LogP contribution in [0.15, 0.2) is 30.3 Å². The van der Waals surface area contributed by atoms with Crippen molar-refractivity contribution in [3.05, 3.63) is 35.9 Å². The van der Waals surface area contributed by atoms with Crippen molar-refractivity contribution in [1.29, 1.82) is 0 Å². The number of nitrogens with one attached hydrogen (secondary N) is 2. The molecule has 3 N–H and O–H groups in total. The third kappa shape index (κ3) is 7.43. The Balaban J connectivity index is 2.73. The van der Waals surface area contributed by atoms with E-state index in [2.05, 4.69) is 10.9 Å². The van der Waals surface area contributed by atoms with Crippen molar-refractivity contribution < 1.29 is 24.2 Å². The van der Waals surface area contributed by atoms with Gasteiger partial charge in [-0.1, -0.05) is 30.3 Å². The summed E-state index contributed by atoms with van der Waals surface area (Å²) in [5, 5.41) is 9.97. The Morgan fingerprint density at radius 2 is 1.83 bits per heavy atom. The number of amides is 1. The highest BCUT2D eigenvalue weighted by molar-refractivity contribution is 5.74. The van der Waals surface area contributed by atoms with E-state index >= 15 is 0 Å². The highest BCUT2D eigenvalue weighted by Crippen LogP contribution is 2.18. The second-order valence-corrected chi connectivity index (χ2v) is 6.24. The topological polar surface area (TPSA) is 96.9 Å². The number of esters is 1. The van der Waals surface area contributed by atoms with Gasteiger partial charge in [0.2, 0.25) is 0 Å². The summed E-state index contributed by atoms with van der Waals surface area (Å²) in [6.45, 7) is 7.13. The second kappa shape index (κ2) is 9.24. The zero-order valence-electron chi connectivity index (χ0n) is 14.5. The van der Waals surface area contributed by atoms with Crippen molar-refractivity contribution in [2.75, 3.05) is 6.61 Å². The zero-order valence-corrected chi connectivity index (χ0v) is 14.5. The fourth-order valence-electron chi connectivity index (χ4n) is 1.97. The minimum absolute atomic E-state index is 0.0403. The molecule has 1 rings (SSSR count). The van der Waals surface area contributed by atoms with Gasteiger partial charge in [0.1, 0.15) is 5.60 Å². The molecule has 0 heterocycles. The molecular formula is C17H26N2O5. The molecule has 0 radical (unpaired) electrons. The Morgan fingerprint density at radius 1 is 1.21 bits per heavy atom. The van der Waals surface area contributed by atoms with Gasteiger partial charge >= 0.3 is 12.1 Å². The van der Waals surface area contributed by atoms with Crippen LogP contribution >= 0.6 is 0 Å². The molecule has 0 bridgehead atoms. The van der Waals surface area contributed by atoms with Crippen molar-refractivity contribution in [2.45, 2.75) is 51.9 Å². The molecule has 0 aliphatic heterocycles. The number of carbonyl (C=O) groups is 2. The summed E-state index contributed by atoms with van der Waals surface area (Å²) < 4.78 is 9.95. The molecule has 1 amide bonds. The van der Waals surface area contributed by atoms with Crippen LogP contribution in [0.5, 0.6) is 0 Å². The van der Waals surface area contributed by atoms with Crippen LogP contribution in [-0.4, -0.2) is 35.5 Å². The SMILES string of the molecule is CCOC(=O)[C@H](O)C[C@H](NNC(=O)OC(C)(C)C)c1ccccc1. The number of carbonyl (C=O) groups excluding carboxylic acids is 2. The Morgan fingerprint density at radius 3 is 2.38 bits per heavy atom. The normalized spacial score (nSPS) is 13.7. The first-order valence-electron chi connectivity index (χ1n) is 7.87. The van der Waals surface area contributed by atoms with Crippen LogP contribution in [0.25, 0.3) is 0 Å². The molecule has 0 fully saturated rings. The van der Waals surface area contributed by atoms with Crippen LogP contribution in [0.3, 0.4) is 0 Å². The van der Waals surface area contributed by atoms with Crippen LogP contribution in [-0.2, 0) is 14.3 Å². The first-order chi connectivity index (χ1) is 11.2. The average molecular weight is 338 g/mol. The lowest BCUT2D eigenvalue weighted by Crippen LogP contribution is -2.44. The number of hydrogen-bond acceptors (Lipinski definition) is 6. The first-order valence-corrected chi connectivity index (χ1v) is 7.87. The molecule has 0 aliphatic rings. The zero-order chi connectivity index (χ0) is 18.2. The molecule has 1 aromatic carbocycles. The molecule has 0 spiro atoms. The second-order valence-electron chi connectivity index (χ2n) is 6.24. The molecule has 2 atom stereocenters. The predicted molar refractivity (Wildman–Crippen MR) is 88.9 cm³/mol. The molecule has 0 saturated carbocycles. The Kier molecular flexibility index (Phi) is 7.67. The van der Waals surface area contributed by atoms with E-state index in [0.29, 0.717) is 0 Å². The quantitative estimate of drug-likeness (QED) is 0.520. The third-order valence-corrected chi connectivity index (χ3v) is 2.97. The maximum absolute atomic E-state index is 11.8. The van der Waals surface area contributed by atoms with Crippen LogP contribution in [0, 0.1) is 0 Å². The lowest BCUT2D eigenvalue weighted by Gasteiger charge is -2.24. The highest BCUT2D eigenvalue weighted by Gasteiger charge is 2.24. The summed E-state index contributed by atoms with van der Waals surface area (Å²) in [4.78, 5) is 23.4. The van der Waals surface area contributed by atoms with Crippen LogP contribution in [0.1, 0.15) is 45.7 Å². The Labute approximate surface area is 142 Å². The Bertz CT molecular complexity index is 528.